The smallest absolute Gasteiger partial charge is 0.248 e. The van der Waals surface area contributed by atoms with Crippen molar-refractivity contribution >= 4 is 17.5 Å². The van der Waals surface area contributed by atoms with Crippen molar-refractivity contribution < 1.29 is 4.79 Å². The van der Waals surface area contributed by atoms with Gasteiger partial charge in [0.2, 0.25) is 5.91 Å². The molecule has 0 aliphatic heterocycles. The molecule has 0 fully saturated rings. The van der Waals surface area contributed by atoms with Gasteiger partial charge in [-0.15, -0.1) is 0 Å². The monoisotopic (exact) mass is 268 g/mol. The molecule has 0 aliphatic carbocycles. The summed E-state index contributed by atoms with van der Waals surface area (Å²) in [6.07, 6.45) is 2.23. The maximum Gasteiger partial charge on any atom is 0.248 e. The number of amides is 1. The average molecular weight is 269 g/mol. The molecular formula is C14H21ClN2O. The quantitative estimate of drug-likeness (QED) is 0.833. The van der Waals surface area contributed by atoms with E-state index in [2.05, 4.69) is 26.1 Å². The second kappa shape index (κ2) is 6.21. The lowest BCUT2D eigenvalue weighted by Gasteiger charge is -2.26. The highest BCUT2D eigenvalue weighted by atomic mass is 35.5. The van der Waals surface area contributed by atoms with E-state index in [0.29, 0.717) is 17.1 Å². The zero-order valence-electron chi connectivity index (χ0n) is 11.2. The number of benzene rings is 1. The minimum absolute atomic E-state index is 0.0838. The van der Waals surface area contributed by atoms with E-state index in [-0.39, 0.29) is 5.54 Å². The molecule has 3 N–H and O–H groups in total. The summed E-state index contributed by atoms with van der Waals surface area (Å²) in [5.74, 6) is -0.456. The summed E-state index contributed by atoms with van der Waals surface area (Å²) in [6, 6.07) is 5.17. The predicted molar refractivity (Wildman–Crippen MR) is 75.8 cm³/mol. The Morgan fingerprint density at radius 3 is 2.61 bits per heavy atom. The SMILES string of the molecule is CCCC(C)(C)NCc1ccc(C(N)=O)cc1Cl. The van der Waals surface area contributed by atoms with E-state index in [9.17, 15) is 4.79 Å². The Labute approximate surface area is 114 Å². The molecule has 18 heavy (non-hydrogen) atoms. The van der Waals surface area contributed by atoms with Gasteiger partial charge in [-0.3, -0.25) is 4.79 Å². The molecule has 1 rings (SSSR count). The summed E-state index contributed by atoms with van der Waals surface area (Å²) in [6.45, 7) is 7.19. The number of hydrogen-bond donors (Lipinski definition) is 2. The normalized spacial score (nSPS) is 11.6. The molecule has 0 spiro atoms. The third-order valence-corrected chi connectivity index (χ3v) is 3.32. The molecule has 0 atom stereocenters. The predicted octanol–water partition coefficient (Wildman–Crippen LogP) is 3.11. The van der Waals surface area contributed by atoms with Crippen LogP contribution in [0.2, 0.25) is 5.02 Å². The van der Waals surface area contributed by atoms with Gasteiger partial charge >= 0.3 is 0 Å². The lowest BCUT2D eigenvalue weighted by Crippen LogP contribution is -2.38. The highest BCUT2D eigenvalue weighted by Gasteiger charge is 2.16. The van der Waals surface area contributed by atoms with Crippen LogP contribution in [0.4, 0.5) is 0 Å². The fourth-order valence-electron chi connectivity index (χ4n) is 1.89. The van der Waals surface area contributed by atoms with Crippen LogP contribution in [0.1, 0.15) is 49.5 Å². The van der Waals surface area contributed by atoms with Crippen molar-refractivity contribution in [2.45, 2.75) is 45.7 Å². The Hall–Kier alpha value is -1.06. The van der Waals surface area contributed by atoms with Crippen molar-refractivity contribution in [3.8, 4) is 0 Å². The minimum Gasteiger partial charge on any atom is -0.366 e. The molecule has 0 saturated carbocycles. The first-order valence-electron chi connectivity index (χ1n) is 6.19. The first-order chi connectivity index (χ1) is 8.35. The van der Waals surface area contributed by atoms with E-state index >= 15 is 0 Å². The number of nitrogens with one attached hydrogen (secondary N) is 1. The van der Waals surface area contributed by atoms with Crippen LogP contribution in [0.3, 0.4) is 0 Å². The van der Waals surface area contributed by atoms with E-state index in [1.54, 1.807) is 12.1 Å². The van der Waals surface area contributed by atoms with Gasteiger partial charge < -0.3 is 11.1 Å². The summed E-state index contributed by atoms with van der Waals surface area (Å²) in [4.78, 5) is 11.0. The standard InChI is InChI=1S/C14H21ClN2O/c1-4-7-14(2,3)17-9-11-6-5-10(13(16)18)8-12(11)15/h5-6,8,17H,4,7,9H2,1-3H3,(H2,16,18). The summed E-state index contributed by atoms with van der Waals surface area (Å²) in [5, 5.41) is 4.04. The van der Waals surface area contributed by atoms with Crippen LogP contribution in [0.15, 0.2) is 18.2 Å². The molecular weight excluding hydrogens is 248 g/mol. The van der Waals surface area contributed by atoms with E-state index in [1.807, 2.05) is 6.07 Å². The Kier molecular flexibility index (Phi) is 5.17. The first kappa shape index (κ1) is 15.0. The second-order valence-electron chi connectivity index (χ2n) is 5.16. The molecule has 0 unspecified atom stereocenters. The summed E-state index contributed by atoms with van der Waals surface area (Å²) in [5.41, 5.74) is 6.70. The fourth-order valence-corrected chi connectivity index (χ4v) is 2.14. The largest absolute Gasteiger partial charge is 0.366 e. The Morgan fingerprint density at radius 2 is 2.11 bits per heavy atom. The Balaban J connectivity index is 2.71. The van der Waals surface area contributed by atoms with Crippen LogP contribution in [-0.4, -0.2) is 11.4 Å². The van der Waals surface area contributed by atoms with Crippen molar-refractivity contribution in [3.63, 3.8) is 0 Å². The van der Waals surface area contributed by atoms with Crippen molar-refractivity contribution in [3.05, 3.63) is 34.3 Å². The molecule has 1 aromatic carbocycles. The molecule has 3 nitrogen and oxygen atoms in total. The van der Waals surface area contributed by atoms with Crippen LogP contribution >= 0.6 is 11.6 Å². The van der Waals surface area contributed by atoms with Gasteiger partial charge in [0, 0.05) is 22.7 Å². The average Bonchev–Trinajstić information content (AvgIpc) is 2.27. The molecule has 0 aliphatic rings. The third-order valence-electron chi connectivity index (χ3n) is 2.97. The topological polar surface area (TPSA) is 55.1 Å². The maximum atomic E-state index is 11.0. The van der Waals surface area contributed by atoms with Gasteiger partial charge in [-0.1, -0.05) is 31.0 Å². The number of carbonyl (C=O) groups is 1. The van der Waals surface area contributed by atoms with Crippen LogP contribution in [0.25, 0.3) is 0 Å². The minimum atomic E-state index is -0.456. The van der Waals surface area contributed by atoms with Gasteiger partial charge in [0.1, 0.15) is 0 Å². The number of rotatable bonds is 6. The number of hydrogen-bond acceptors (Lipinski definition) is 2. The molecule has 0 saturated heterocycles. The molecule has 0 bridgehead atoms. The van der Waals surface area contributed by atoms with Crippen molar-refractivity contribution in [1.29, 1.82) is 0 Å². The van der Waals surface area contributed by atoms with Crippen LogP contribution in [-0.2, 0) is 6.54 Å². The van der Waals surface area contributed by atoms with Gasteiger partial charge in [0.25, 0.3) is 0 Å². The van der Waals surface area contributed by atoms with Gasteiger partial charge in [-0.25, -0.2) is 0 Å². The molecule has 1 aromatic rings. The van der Waals surface area contributed by atoms with E-state index in [4.69, 9.17) is 17.3 Å². The maximum absolute atomic E-state index is 11.0. The molecule has 0 heterocycles. The highest BCUT2D eigenvalue weighted by molar-refractivity contribution is 6.31. The van der Waals surface area contributed by atoms with Crippen molar-refractivity contribution in [2.75, 3.05) is 0 Å². The van der Waals surface area contributed by atoms with Crippen molar-refractivity contribution in [1.82, 2.24) is 5.32 Å². The second-order valence-corrected chi connectivity index (χ2v) is 5.57. The van der Waals surface area contributed by atoms with Crippen LogP contribution < -0.4 is 11.1 Å². The fraction of sp³-hybridized carbons (Fsp3) is 0.500. The van der Waals surface area contributed by atoms with Gasteiger partial charge in [0.05, 0.1) is 0 Å². The van der Waals surface area contributed by atoms with Gasteiger partial charge in [0.15, 0.2) is 0 Å². The third kappa shape index (κ3) is 4.31. The number of halogens is 1. The van der Waals surface area contributed by atoms with Crippen LogP contribution in [0, 0.1) is 0 Å². The first-order valence-corrected chi connectivity index (χ1v) is 6.57. The molecule has 0 radical (unpaired) electrons. The summed E-state index contributed by atoms with van der Waals surface area (Å²) in [7, 11) is 0. The number of primary amides is 1. The van der Waals surface area contributed by atoms with E-state index in [1.165, 1.54) is 0 Å². The Bertz CT molecular complexity index is 430. The highest BCUT2D eigenvalue weighted by Crippen LogP contribution is 2.19. The van der Waals surface area contributed by atoms with E-state index in [0.717, 1.165) is 18.4 Å². The molecule has 100 valence electrons. The molecule has 0 aromatic heterocycles. The van der Waals surface area contributed by atoms with Gasteiger partial charge in [-0.2, -0.15) is 0 Å². The lowest BCUT2D eigenvalue weighted by molar-refractivity contribution is 0.100. The summed E-state index contributed by atoms with van der Waals surface area (Å²) < 4.78 is 0. The molecule has 1 amide bonds. The summed E-state index contributed by atoms with van der Waals surface area (Å²) >= 11 is 6.13. The zero-order valence-corrected chi connectivity index (χ0v) is 12.0. The van der Waals surface area contributed by atoms with Gasteiger partial charge in [-0.05, 0) is 38.0 Å². The lowest BCUT2D eigenvalue weighted by atomic mass is 9.98. The van der Waals surface area contributed by atoms with E-state index < -0.39 is 5.91 Å². The zero-order chi connectivity index (χ0) is 13.8. The van der Waals surface area contributed by atoms with Crippen molar-refractivity contribution in [2.24, 2.45) is 5.73 Å². The molecule has 4 heteroatoms. The Morgan fingerprint density at radius 1 is 1.44 bits per heavy atom. The number of carbonyl (C=O) groups excluding carboxylic acids is 1. The van der Waals surface area contributed by atoms with Crippen LogP contribution in [0.5, 0.6) is 0 Å². The number of nitrogens with two attached hydrogens (primary N) is 1.